The van der Waals surface area contributed by atoms with Gasteiger partial charge in [0.15, 0.2) is 0 Å². The van der Waals surface area contributed by atoms with Crippen molar-refractivity contribution in [3.05, 3.63) is 76.2 Å². The van der Waals surface area contributed by atoms with Crippen LogP contribution in [0.2, 0.25) is 0 Å². The van der Waals surface area contributed by atoms with Crippen molar-refractivity contribution in [2.45, 2.75) is 6.54 Å². The lowest BCUT2D eigenvalue weighted by atomic mass is 10.1. The third-order valence-corrected chi connectivity index (χ3v) is 4.96. The fourth-order valence-electron chi connectivity index (χ4n) is 3.59. The normalized spacial score (nSPS) is 15.2. The first-order chi connectivity index (χ1) is 13.1. The molecule has 7 heteroatoms. The Morgan fingerprint density at radius 3 is 2.63 bits per heavy atom. The molecule has 27 heavy (non-hydrogen) atoms. The average Bonchev–Trinajstić information content (AvgIpc) is 2.69. The highest BCUT2D eigenvalue weighted by atomic mass is 19.1. The zero-order chi connectivity index (χ0) is 18.8. The van der Waals surface area contributed by atoms with Gasteiger partial charge in [0.2, 0.25) is 0 Å². The lowest BCUT2D eigenvalue weighted by Crippen LogP contribution is -2.46. The third-order valence-electron chi connectivity index (χ3n) is 4.96. The van der Waals surface area contributed by atoms with Crippen LogP contribution < -0.4 is 4.90 Å². The predicted molar refractivity (Wildman–Crippen MR) is 102 cm³/mol. The van der Waals surface area contributed by atoms with E-state index in [1.54, 1.807) is 6.20 Å². The highest BCUT2D eigenvalue weighted by molar-refractivity contribution is 5.81. The van der Waals surface area contributed by atoms with Gasteiger partial charge in [-0.05, 0) is 23.8 Å². The van der Waals surface area contributed by atoms with Crippen molar-refractivity contribution < 1.29 is 9.31 Å². The van der Waals surface area contributed by atoms with E-state index in [4.69, 9.17) is 0 Å². The minimum absolute atomic E-state index is 0.179. The van der Waals surface area contributed by atoms with E-state index in [2.05, 4.69) is 28.1 Å². The van der Waals surface area contributed by atoms with Crippen LogP contribution >= 0.6 is 0 Å². The molecular formula is C20H19FN4O2. The number of hydrogen-bond acceptors (Lipinski definition) is 5. The van der Waals surface area contributed by atoms with E-state index in [0.29, 0.717) is 18.8 Å². The number of rotatable bonds is 4. The highest BCUT2D eigenvalue weighted by Gasteiger charge is 2.24. The summed E-state index contributed by atoms with van der Waals surface area (Å²) in [5.41, 5.74) is 2.49. The quantitative estimate of drug-likeness (QED) is 0.521. The molecule has 2 aromatic carbocycles. The molecule has 1 aliphatic rings. The molecule has 0 saturated carbocycles. The van der Waals surface area contributed by atoms with Gasteiger partial charge in [0.05, 0.1) is 16.5 Å². The van der Waals surface area contributed by atoms with Crippen LogP contribution in [0.1, 0.15) is 5.56 Å². The summed E-state index contributed by atoms with van der Waals surface area (Å²) in [6.07, 6.45) is 1.80. The summed E-state index contributed by atoms with van der Waals surface area (Å²) in [5.74, 6) is -0.590. The van der Waals surface area contributed by atoms with Gasteiger partial charge >= 0.3 is 0 Å². The minimum Gasteiger partial charge on any atom is -0.363 e. The van der Waals surface area contributed by atoms with Crippen molar-refractivity contribution in [3.63, 3.8) is 0 Å². The number of nitro groups is 1. The molecule has 1 aromatic heterocycles. The van der Waals surface area contributed by atoms with Crippen LogP contribution in [0, 0.1) is 15.9 Å². The van der Waals surface area contributed by atoms with Gasteiger partial charge in [-0.15, -0.1) is 0 Å². The number of nitrogens with zero attached hydrogens (tertiary/aromatic N) is 4. The van der Waals surface area contributed by atoms with Crippen molar-refractivity contribution in [3.8, 4) is 0 Å². The number of hydrogen-bond donors (Lipinski definition) is 0. The molecule has 0 amide bonds. The first-order valence-corrected chi connectivity index (χ1v) is 8.86. The van der Waals surface area contributed by atoms with E-state index in [-0.39, 0.29) is 5.69 Å². The minimum atomic E-state index is -0.590. The summed E-state index contributed by atoms with van der Waals surface area (Å²) in [6.45, 7) is 3.65. The van der Waals surface area contributed by atoms with Gasteiger partial charge in [-0.3, -0.25) is 20.0 Å². The number of anilines is 1. The fraction of sp³-hybridized carbons (Fsp3) is 0.250. The second-order valence-corrected chi connectivity index (χ2v) is 6.65. The SMILES string of the molecule is O=[N+]([O-])c1cc(F)ccc1N1CCN(Cc2cccc3cccnc23)CC1. The van der Waals surface area contributed by atoms with Gasteiger partial charge in [-0.2, -0.15) is 0 Å². The van der Waals surface area contributed by atoms with E-state index in [0.717, 1.165) is 36.6 Å². The topological polar surface area (TPSA) is 62.5 Å². The van der Waals surface area contributed by atoms with Crippen molar-refractivity contribution in [1.29, 1.82) is 0 Å². The van der Waals surface area contributed by atoms with Crippen LogP contribution in [-0.4, -0.2) is 41.0 Å². The molecule has 1 saturated heterocycles. The van der Waals surface area contributed by atoms with Gasteiger partial charge in [0, 0.05) is 44.3 Å². The smallest absolute Gasteiger partial charge is 0.295 e. The third kappa shape index (κ3) is 3.59. The number of pyridine rings is 1. The molecule has 3 aromatic rings. The van der Waals surface area contributed by atoms with Gasteiger partial charge < -0.3 is 4.90 Å². The molecule has 0 N–H and O–H groups in total. The lowest BCUT2D eigenvalue weighted by molar-refractivity contribution is -0.384. The summed E-state index contributed by atoms with van der Waals surface area (Å²) in [5, 5.41) is 12.4. The van der Waals surface area contributed by atoms with Crippen LogP contribution in [0.5, 0.6) is 0 Å². The summed E-state index contributed by atoms with van der Waals surface area (Å²) >= 11 is 0. The molecule has 1 fully saturated rings. The lowest BCUT2D eigenvalue weighted by Gasteiger charge is -2.35. The molecule has 138 valence electrons. The molecule has 0 bridgehead atoms. The summed E-state index contributed by atoms with van der Waals surface area (Å²) < 4.78 is 13.4. The Kier molecular flexibility index (Phi) is 4.68. The summed E-state index contributed by atoms with van der Waals surface area (Å²) in [6, 6.07) is 13.9. The average molecular weight is 366 g/mol. The summed E-state index contributed by atoms with van der Waals surface area (Å²) in [4.78, 5) is 19.5. The molecule has 0 aliphatic carbocycles. The molecule has 0 unspecified atom stereocenters. The second kappa shape index (κ2) is 7.28. The maximum atomic E-state index is 13.4. The molecule has 0 atom stereocenters. The van der Waals surface area contributed by atoms with Crippen LogP contribution in [0.25, 0.3) is 10.9 Å². The van der Waals surface area contributed by atoms with E-state index in [9.17, 15) is 14.5 Å². The Morgan fingerprint density at radius 2 is 1.85 bits per heavy atom. The van der Waals surface area contributed by atoms with Crippen LogP contribution in [-0.2, 0) is 6.54 Å². The van der Waals surface area contributed by atoms with Gasteiger partial charge in [0.1, 0.15) is 11.5 Å². The number of para-hydroxylation sites is 1. The molecule has 0 spiro atoms. The van der Waals surface area contributed by atoms with E-state index < -0.39 is 10.7 Å². The van der Waals surface area contributed by atoms with Crippen LogP contribution in [0.15, 0.2) is 54.7 Å². The Hall–Kier alpha value is -3.06. The zero-order valence-electron chi connectivity index (χ0n) is 14.7. The van der Waals surface area contributed by atoms with Gasteiger partial charge in [0.25, 0.3) is 5.69 Å². The number of halogens is 1. The number of fused-ring (bicyclic) bond motifs is 1. The molecule has 0 radical (unpaired) electrons. The summed E-state index contributed by atoms with van der Waals surface area (Å²) in [7, 11) is 0. The zero-order valence-corrected chi connectivity index (χ0v) is 14.7. The Bertz CT molecular complexity index is 981. The maximum absolute atomic E-state index is 13.4. The molecule has 1 aliphatic heterocycles. The highest BCUT2D eigenvalue weighted by Crippen LogP contribution is 2.30. The number of piperazine rings is 1. The molecule has 6 nitrogen and oxygen atoms in total. The Labute approximate surface area is 156 Å². The van der Waals surface area contributed by atoms with E-state index in [1.165, 1.54) is 17.7 Å². The van der Waals surface area contributed by atoms with Crippen LogP contribution in [0.3, 0.4) is 0 Å². The predicted octanol–water partition coefficient (Wildman–Crippen LogP) is 3.60. The van der Waals surface area contributed by atoms with Gasteiger partial charge in [-0.25, -0.2) is 4.39 Å². The fourth-order valence-corrected chi connectivity index (χ4v) is 3.59. The standard InChI is InChI=1S/C20H19FN4O2/c21-17-6-7-18(19(13-17)25(26)27)24-11-9-23(10-12-24)14-16-4-1-3-15-5-2-8-22-20(15)16/h1-8,13H,9-12,14H2. The molecular weight excluding hydrogens is 347 g/mol. The first-order valence-electron chi connectivity index (χ1n) is 8.86. The number of aromatic nitrogens is 1. The van der Waals surface area contributed by atoms with Crippen molar-refractivity contribution in [2.24, 2.45) is 0 Å². The number of benzene rings is 2. The van der Waals surface area contributed by atoms with Crippen molar-refractivity contribution in [1.82, 2.24) is 9.88 Å². The first kappa shape index (κ1) is 17.4. The largest absolute Gasteiger partial charge is 0.363 e. The van der Waals surface area contributed by atoms with Crippen molar-refractivity contribution >= 4 is 22.3 Å². The molecule has 4 rings (SSSR count). The Balaban J connectivity index is 1.47. The van der Waals surface area contributed by atoms with E-state index in [1.807, 2.05) is 17.0 Å². The number of nitro benzene ring substituents is 1. The molecule has 2 heterocycles. The van der Waals surface area contributed by atoms with Gasteiger partial charge in [-0.1, -0.05) is 24.3 Å². The second-order valence-electron chi connectivity index (χ2n) is 6.65. The Morgan fingerprint density at radius 1 is 1.07 bits per heavy atom. The monoisotopic (exact) mass is 366 g/mol. The maximum Gasteiger partial charge on any atom is 0.295 e. The van der Waals surface area contributed by atoms with Crippen LogP contribution in [0.4, 0.5) is 15.8 Å². The van der Waals surface area contributed by atoms with Crippen molar-refractivity contribution in [2.75, 3.05) is 31.1 Å². The van der Waals surface area contributed by atoms with E-state index >= 15 is 0 Å².